The van der Waals surface area contributed by atoms with E-state index in [4.69, 9.17) is 11.5 Å². The van der Waals surface area contributed by atoms with Gasteiger partial charge in [0.15, 0.2) is 0 Å². The van der Waals surface area contributed by atoms with Gasteiger partial charge in [-0.2, -0.15) is 0 Å². The van der Waals surface area contributed by atoms with Crippen LogP contribution in [0.2, 0.25) is 0 Å². The van der Waals surface area contributed by atoms with Crippen LogP contribution in [-0.2, 0) is 9.59 Å². The number of rotatable bonds is 3. The summed E-state index contributed by atoms with van der Waals surface area (Å²) in [6.07, 6.45) is 7.11. The molecule has 0 aliphatic carbocycles. The van der Waals surface area contributed by atoms with E-state index >= 15 is 0 Å². The third-order valence-electron chi connectivity index (χ3n) is 3.17. The first-order valence-electron chi connectivity index (χ1n) is 5.52. The fourth-order valence-electron chi connectivity index (χ4n) is 2.19. The summed E-state index contributed by atoms with van der Waals surface area (Å²) in [4.78, 5) is 23.6. The lowest BCUT2D eigenvalue weighted by Crippen LogP contribution is -2.41. The number of hydrogen-bond acceptors (Lipinski definition) is 2. The van der Waals surface area contributed by atoms with Crippen LogP contribution >= 0.6 is 0 Å². The number of aliphatic carboxylic acids is 1. The minimum atomic E-state index is -0.784. The molecule has 1 amide bonds. The fraction of sp³-hybridized carbons (Fsp3) is 0.667. The van der Waals surface area contributed by atoms with Crippen LogP contribution in [0, 0.1) is 24.2 Å². The van der Waals surface area contributed by atoms with Crippen molar-refractivity contribution in [3.8, 4) is 12.3 Å². The molecule has 1 saturated heterocycles. The highest BCUT2D eigenvalue weighted by Gasteiger charge is 2.27. The summed E-state index contributed by atoms with van der Waals surface area (Å²) in [5, 5.41) is 8.72. The van der Waals surface area contributed by atoms with Crippen molar-refractivity contribution in [2.45, 2.75) is 26.2 Å². The van der Waals surface area contributed by atoms with Gasteiger partial charge in [-0.15, -0.1) is 6.42 Å². The number of nitrogens with zero attached hydrogens (tertiary/aromatic N) is 1. The highest BCUT2D eigenvalue weighted by atomic mass is 16.4. The standard InChI is InChI=1S/C12H17NO3/c1-3-11(14)13-6-4-5-10(8-13)9(2)7-12(15)16/h1,9-10H,4-8H2,2H3,(H,15,16). The Morgan fingerprint density at radius 2 is 2.31 bits per heavy atom. The molecule has 1 N–H and O–H groups in total. The van der Waals surface area contributed by atoms with Crippen molar-refractivity contribution in [3.63, 3.8) is 0 Å². The molecular weight excluding hydrogens is 206 g/mol. The topological polar surface area (TPSA) is 57.6 Å². The molecule has 1 heterocycles. The molecule has 0 radical (unpaired) electrons. The van der Waals surface area contributed by atoms with Crippen molar-refractivity contribution >= 4 is 11.9 Å². The molecule has 0 saturated carbocycles. The van der Waals surface area contributed by atoms with Crippen molar-refractivity contribution in [2.75, 3.05) is 13.1 Å². The van der Waals surface area contributed by atoms with Crippen molar-refractivity contribution in [1.82, 2.24) is 4.90 Å². The smallest absolute Gasteiger partial charge is 0.303 e. The first-order valence-corrected chi connectivity index (χ1v) is 5.52. The maximum Gasteiger partial charge on any atom is 0.303 e. The van der Waals surface area contributed by atoms with Crippen molar-refractivity contribution in [2.24, 2.45) is 11.8 Å². The molecule has 0 bridgehead atoms. The Bertz CT molecular complexity index is 319. The summed E-state index contributed by atoms with van der Waals surface area (Å²) < 4.78 is 0. The monoisotopic (exact) mass is 223 g/mol. The Labute approximate surface area is 95.6 Å². The highest BCUT2D eigenvalue weighted by molar-refractivity contribution is 5.92. The minimum Gasteiger partial charge on any atom is -0.481 e. The van der Waals surface area contributed by atoms with Gasteiger partial charge in [0, 0.05) is 19.5 Å². The molecule has 0 aromatic carbocycles. The molecule has 0 aromatic heterocycles. The Morgan fingerprint density at radius 3 is 2.88 bits per heavy atom. The normalized spacial score (nSPS) is 22.2. The number of likely N-dealkylation sites (tertiary alicyclic amines) is 1. The van der Waals surface area contributed by atoms with Gasteiger partial charge in [0.25, 0.3) is 5.91 Å². The third-order valence-corrected chi connectivity index (χ3v) is 3.17. The molecule has 2 atom stereocenters. The number of terminal acetylenes is 1. The van der Waals surface area contributed by atoms with Crippen molar-refractivity contribution in [1.29, 1.82) is 0 Å². The predicted octanol–water partition coefficient (Wildman–Crippen LogP) is 0.969. The molecule has 4 nitrogen and oxygen atoms in total. The van der Waals surface area contributed by atoms with Crippen LogP contribution in [0.5, 0.6) is 0 Å². The maximum atomic E-state index is 11.3. The van der Waals surface area contributed by atoms with Gasteiger partial charge in [0.05, 0.1) is 0 Å². The zero-order chi connectivity index (χ0) is 12.1. The molecule has 1 fully saturated rings. The van der Waals surface area contributed by atoms with E-state index in [-0.39, 0.29) is 24.2 Å². The van der Waals surface area contributed by atoms with E-state index in [9.17, 15) is 9.59 Å². The first kappa shape index (κ1) is 12.6. The van der Waals surface area contributed by atoms with Gasteiger partial charge in [0.2, 0.25) is 0 Å². The van der Waals surface area contributed by atoms with E-state index in [1.807, 2.05) is 6.92 Å². The molecule has 16 heavy (non-hydrogen) atoms. The van der Waals surface area contributed by atoms with E-state index in [1.54, 1.807) is 4.90 Å². The van der Waals surface area contributed by atoms with Crippen LogP contribution in [0.4, 0.5) is 0 Å². The molecule has 0 spiro atoms. The zero-order valence-corrected chi connectivity index (χ0v) is 9.48. The molecule has 2 unspecified atom stereocenters. The van der Waals surface area contributed by atoms with Gasteiger partial charge in [-0.3, -0.25) is 9.59 Å². The van der Waals surface area contributed by atoms with E-state index in [0.29, 0.717) is 13.1 Å². The maximum absolute atomic E-state index is 11.3. The lowest BCUT2D eigenvalue weighted by atomic mass is 9.84. The molecular formula is C12H17NO3. The van der Waals surface area contributed by atoms with Crippen LogP contribution in [0.25, 0.3) is 0 Å². The van der Waals surface area contributed by atoms with Gasteiger partial charge in [-0.05, 0) is 30.6 Å². The van der Waals surface area contributed by atoms with Gasteiger partial charge in [0.1, 0.15) is 0 Å². The average Bonchev–Trinajstić information content (AvgIpc) is 2.27. The van der Waals surface area contributed by atoms with E-state index in [1.165, 1.54) is 0 Å². The number of piperidine rings is 1. The Morgan fingerprint density at radius 1 is 1.62 bits per heavy atom. The molecule has 88 valence electrons. The second kappa shape index (κ2) is 5.55. The first-order chi connectivity index (χ1) is 7.54. The average molecular weight is 223 g/mol. The predicted molar refractivity (Wildman–Crippen MR) is 59.6 cm³/mol. The SMILES string of the molecule is C#CC(=O)N1CCCC(C(C)CC(=O)O)C1. The molecule has 1 aliphatic heterocycles. The number of carbonyl (C=O) groups excluding carboxylic acids is 1. The Kier molecular flexibility index (Phi) is 4.36. The second-order valence-corrected chi connectivity index (χ2v) is 4.37. The summed E-state index contributed by atoms with van der Waals surface area (Å²) in [5.41, 5.74) is 0. The Balaban J connectivity index is 2.53. The fourth-order valence-corrected chi connectivity index (χ4v) is 2.19. The number of carboxylic acids is 1. The van der Waals surface area contributed by atoms with Crippen LogP contribution in [0.15, 0.2) is 0 Å². The minimum absolute atomic E-state index is 0.0888. The van der Waals surface area contributed by atoms with Gasteiger partial charge in [-0.1, -0.05) is 6.92 Å². The number of carboxylic acid groups (broad SMARTS) is 1. The lowest BCUT2D eigenvalue weighted by molar-refractivity contribution is -0.138. The number of amides is 1. The summed E-state index contributed by atoms with van der Waals surface area (Å²) >= 11 is 0. The van der Waals surface area contributed by atoms with Crippen LogP contribution in [0.3, 0.4) is 0 Å². The lowest BCUT2D eigenvalue weighted by Gasteiger charge is -2.34. The van der Waals surface area contributed by atoms with Gasteiger partial charge >= 0.3 is 5.97 Å². The van der Waals surface area contributed by atoms with Crippen LogP contribution in [-0.4, -0.2) is 35.0 Å². The Hall–Kier alpha value is -1.50. The van der Waals surface area contributed by atoms with Crippen LogP contribution < -0.4 is 0 Å². The van der Waals surface area contributed by atoms with Crippen molar-refractivity contribution in [3.05, 3.63) is 0 Å². The number of hydrogen-bond donors (Lipinski definition) is 1. The van der Waals surface area contributed by atoms with E-state index < -0.39 is 5.97 Å². The molecule has 1 rings (SSSR count). The van der Waals surface area contributed by atoms with Gasteiger partial charge < -0.3 is 10.0 Å². The summed E-state index contributed by atoms with van der Waals surface area (Å²) in [5.74, 6) is 1.38. The quantitative estimate of drug-likeness (QED) is 0.725. The highest BCUT2D eigenvalue weighted by Crippen LogP contribution is 2.25. The van der Waals surface area contributed by atoms with Crippen LogP contribution in [0.1, 0.15) is 26.2 Å². The van der Waals surface area contributed by atoms with E-state index in [0.717, 1.165) is 12.8 Å². The van der Waals surface area contributed by atoms with E-state index in [2.05, 4.69) is 5.92 Å². The summed E-state index contributed by atoms with van der Waals surface area (Å²) in [6.45, 7) is 3.21. The van der Waals surface area contributed by atoms with Crippen molar-refractivity contribution < 1.29 is 14.7 Å². The zero-order valence-electron chi connectivity index (χ0n) is 9.48. The third kappa shape index (κ3) is 3.27. The molecule has 0 aromatic rings. The largest absolute Gasteiger partial charge is 0.481 e. The second-order valence-electron chi connectivity index (χ2n) is 4.37. The molecule has 4 heteroatoms. The summed E-state index contributed by atoms with van der Waals surface area (Å²) in [7, 11) is 0. The van der Waals surface area contributed by atoms with Gasteiger partial charge in [-0.25, -0.2) is 0 Å². The summed E-state index contributed by atoms with van der Waals surface area (Å²) in [6, 6.07) is 0. The molecule has 1 aliphatic rings. The number of carbonyl (C=O) groups is 2.